The van der Waals surface area contributed by atoms with Crippen molar-refractivity contribution in [2.75, 3.05) is 23.7 Å². The minimum Gasteiger partial charge on any atom is -0.383 e. The Kier molecular flexibility index (Phi) is 7.15. The maximum Gasteiger partial charge on any atom is 0.237 e. The molecule has 4 aromatic rings. The van der Waals surface area contributed by atoms with Crippen LogP contribution in [-0.4, -0.2) is 48.5 Å². The first-order valence-corrected chi connectivity index (χ1v) is 16.1. The van der Waals surface area contributed by atoms with Gasteiger partial charge in [0.15, 0.2) is 0 Å². The van der Waals surface area contributed by atoms with Gasteiger partial charge in [0.2, 0.25) is 10.0 Å². The maximum atomic E-state index is 15.4. The van der Waals surface area contributed by atoms with E-state index in [0.717, 1.165) is 56.4 Å². The van der Waals surface area contributed by atoms with E-state index in [1.54, 1.807) is 12.1 Å². The molecule has 2 fully saturated rings. The van der Waals surface area contributed by atoms with Crippen LogP contribution >= 0.6 is 0 Å². The van der Waals surface area contributed by atoms with Gasteiger partial charge in [-0.05, 0) is 55.9 Å². The van der Waals surface area contributed by atoms with Crippen LogP contribution in [0.3, 0.4) is 0 Å². The summed E-state index contributed by atoms with van der Waals surface area (Å²) in [5, 5.41) is 9.23. The molecule has 1 saturated carbocycles. The molecule has 12 heteroatoms. The van der Waals surface area contributed by atoms with Crippen LogP contribution in [0.2, 0.25) is 0 Å². The van der Waals surface area contributed by atoms with Crippen LogP contribution in [0, 0.1) is 11.6 Å². The number of allylic oxidation sites excluding steroid dienone is 1. The van der Waals surface area contributed by atoms with Crippen molar-refractivity contribution < 1.29 is 21.9 Å². The molecule has 0 bridgehead atoms. The zero-order chi connectivity index (χ0) is 29.7. The molecule has 4 N–H and O–H groups in total. The van der Waals surface area contributed by atoms with E-state index in [9.17, 15) is 12.8 Å². The van der Waals surface area contributed by atoms with Crippen molar-refractivity contribution in [3.05, 3.63) is 77.5 Å². The van der Waals surface area contributed by atoms with Crippen molar-refractivity contribution in [2.24, 2.45) is 0 Å². The number of benzene rings is 2. The number of sulfonamides is 1. The van der Waals surface area contributed by atoms with Crippen LogP contribution in [0.4, 0.5) is 20.3 Å². The number of halogens is 2. The molecular weight excluding hydrogens is 574 g/mol. The number of rotatable bonds is 9. The minimum atomic E-state index is -4.07. The maximum absolute atomic E-state index is 15.4. The summed E-state index contributed by atoms with van der Waals surface area (Å²) in [5.74, 6) is -1.74. The van der Waals surface area contributed by atoms with E-state index in [4.69, 9.17) is 15.6 Å². The molecular formula is C31H32F2N6O3S. The summed E-state index contributed by atoms with van der Waals surface area (Å²) in [7, 11) is -4.07. The third kappa shape index (κ3) is 5.62. The number of nitrogens with two attached hydrogens (primary N) is 1. The highest BCUT2D eigenvalue weighted by atomic mass is 32.2. The number of nitrogen functional groups attached to an aromatic ring is 1. The lowest BCUT2D eigenvalue weighted by molar-refractivity contribution is -0.0103. The Labute approximate surface area is 248 Å². The van der Waals surface area contributed by atoms with Crippen molar-refractivity contribution in [1.29, 1.82) is 0 Å². The monoisotopic (exact) mass is 606 g/mol. The number of nitrogens with zero attached hydrogens (tertiary/aromatic N) is 3. The normalized spacial score (nSPS) is 19.3. The van der Waals surface area contributed by atoms with E-state index >= 15 is 4.39 Å². The molecule has 1 atom stereocenters. The van der Waals surface area contributed by atoms with Gasteiger partial charge < -0.3 is 15.8 Å². The number of hydrogen-bond donors (Lipinski definition) is 3. The molecule has 3 heterocycles. The van der Waals surface area contributed by atoms with Gasteiger partial charge in [-0.2, -0.15) is 5.10 Å². The number of anilines is 2. The Morgan fingerprint density at radius 3 is 2.53 bits per heavy atom. The van der Waals surface area contributed by atoms with Gasteiger partial charge in [0.1, 0.15) is 23.1 Å². The number of fused-ring (bicyclic) bond motifs is 1. The predicted molar refractivity (Wildman–Crippen MR) is 162 cm³/mol. The first-order valence-electron chi connectivity index (χ1n) is 14.5. The highest BCUT2D eigenvalue weighted by molar-refractivity contribution is 7.91. The second-order valence-electron chi connectivity index (χ2n) is 11.6. The lowest BCUT2D eigenvalue weighted by Crippen LogP contribution is -2.50. The topological polar surface area (TPSA) is 124 Å². The lowest BCUT2D eigenvalue weighted by atomic mass is 9.89. The van der Waals surface area contributed by atoms with Crippen molar-refractivity contribution in [1.82, 2.24) is 20.1 Å². The van der Waals surface area contributed by atoms with Gasteiger partial charge in [0.05, 0.1) is 47.6 Å². The zero-order valence-corrected chi connectivity index (χ0v) is 24.2. The predicted octanol–water partition coefficient (Wildman–Crippen LogP) is 5.16. The molecule has 43 heavy (non-hydrogen) atoms. The van der Waals surface area contributed by atoms with E-state index in [1.807, 2.05) is 10.9 Å². The van der Waals surface area contributed by atoms with Crippen LogP contribution < -0.4 is 15.8 Å². The Morgan fingerprint density at radius 2 is 1.86 bits per heavy atom. The van der Waals surface area contributed by atoms with Crippen LogP contribution in [0.15, 0.2) is 54.7 Å². The van der Waals surface area contributed by atoms with Crippen molar-refractivity contribution in [3.8, 4) is 11.3 Å². The molecule has 1 saturated heterocycles. The van der Waals surface area contributed by atoms with Gasteiger partial charge in [-0.15, -0.1) is 0 Å². The molecule has 2 aromatic carbocycles. The molecule has 2 aromatic heterocycles. The first-order chi connectivity index (χ1) is 20.8. The first kappa shape index (κ1) is 27.9. The Bertz CT molecular complexity index is 1850. The van der Waals surface area contributed by atoms with Crippen molar-refractivity contribution in [3.63, 3.8) is 0 Å². The van der Waals surface area contributed by atoms with E-state index in [-0.39, 0.29) is 17.3 Å². The smallest absolute Gasteiger partial charge is 0.237 e. The van der Waals surface area contributed by atoms with E-state index in [0.29, 0.717) is 34.5 Å². The summed E-state index contributed by atoms with van der Waals surface area (Å²) in [6, 6.07) is 10.8. The van der Waals surface area contributed by atoms with Gasteiger partial charge in [-0.1, -0.05) is 30.3 Å². The number of pyridine rings is 1. The van der Waals surface area contributed by atoms with Crippen LogP contribution in [0.1, 0.15) is 49.3 Å². The largest absolute Gasteiger partial charge is 0.383 e. The standard InChI is InChI=1S/C31H32F2N6O3S/c32-25-4-2-1-3-20(25)17-43(40,41)38-27-12-7-19(13-26(27)33)29-28-30(39(37-29)23-10-11-23)24(14-35-31(28)34)18-5-8-21(9-6-18)36-22-15-42-16-22/h1-5,7,12-14,21-23,36,38H,6,8-11,15-17H2,(H2,34,35)/t21-/m1/s1. The molecule has 0 amide bonds. The van der Waals surface area contributed by atoms with Crippen LogP contribution in [0.5, 0.6) is 0 Å². The van der Waals surface area contributed by atoms with Crippen LogP contribution in [0.25, 0.3) is 27.7 Å². The molecule has 0 spiro atoms. The summed E-state index contributed by atoms with van der Waals surface area (Å²) < 4.78 is 64.4. The summed E-state index contributed by atoms with van der Waals surface area (Å²) in [5.41, 5.74) is 10.2. The van der Waals surface area contributed by atoms with Crippen LogP contribution in [-0.2, 0) is 20.5 Å². The number of hydrogen-bond acceptors (Lipinski definition) is 7. The van der Waals surface area contributed by atoms with Gasteiger partial charge in [0, 0.05) is 28.9 Å². The zero-order valence-electron chi connectivity index (χ0n) is 23.4. The van der Waals surface area contributed by atoms with Crippen molar-refractivity contribution in [2.45, 2.75) is 56.0 Å². The number of aromatic nitrogens is 3. The highest BCUT2D eigenvalue weighted by Crippen LogP contribution is 2.44. The Balaban J connectivity index is 1.20. The molecule has 3 aliphatic rings. The summed E-state index contributed by atoms with van der Waals surface area (Å²) in [6.07, 6.45) is 8.84. The molecule has 9 nitrogen and oxygen atoms in total. The molecule has 1 aliphatic heterocycles. The third-order valence-electron chi connectivity index (χ3n) is 8.32. The average Bonchev–Trinajstić information content (AvgIpc) is 3.73. The number of ether oxygens (including phenoxy) is 1. The fourth-order valence-electron chi connectivity index (χ4n) is 5.88. The molecule has 0 radical (unpaired) electrons. The second-order valence-corrected chi connectivity index (χ2v) is 13.3. The van der Waals surface area contributed by atoms with E-state index < -0.39 is 27.4 Å². The van der Waals surface area contributed by atoms with Gasteiger partial charge >= 0.3 is 0 Å². The minimum absolute atomic E-state index is 0.00396. The SMILES string of the molecule is Nc1ncc(C2=CC[C@@H](NC3COC3)CC2)c2c1c(-c1ccc(NS(=O)(=O)Cc3ccccc3F)c(F)c1)nn2C1CC1. The number of nitrogens with one attached hydrogen (secondary N) is 2. The van der Waals surface area contributed by atoms with Crippen molar-refractivity contribution >= 4 is 38.0 Å². The summed E-state index contributed by atoms with van der Waals surface area (Å²) in [4.78, 5) is 4.52. The molecule has 224 valence electrons. The Morgan fingerprint density at radius 1 is 1.05 bits per heavy atom. The summed E-state index contributed by atoms with van der Waals surface area (Å²) in [6.45, 7) is 1.53. The lowest BCUT2D eigenvalue weighted by Gasteiger charge is -2.33. The quantitative estimate of drug-likeness (QED) is 0.241. The van der Waals surface area contributed by atoms with E-state index in [1.165, 1.54) is 35.9 Å². The fraction of sp³-hybridized carbons (Fsp3) is 0.355. The third-order valence-corrected chi connectivity index (χ3v) is 9.55. The van der Waals surface area contributed by atoms with Gasteiger partial charge in [-0.25, -0.2) is 22.2 Å². The molecule has 0 unspecified atom stereocenters. The highest BCUT2D eigenvalue weighted by Gasteiger charge is 2.32. The summed E-state index contributed by atoms with van der Waals surface area (Å²) >= 11 is 0. The molecule has 2 aliphatic carbocycles. The molecule has 7 rings (SSSR count). The second kappa shape index (κ2) is 11.0. The van der Waals surface area contributed by atoms with Gasteiger partial charge in [0.25, 0.3) is 0 Å². The van der Waals surface area contributed by atoms with E-state index in [2.05, 4.69) is 21.1 Å². The fourth-order valence-corrected chi connectivity index (χ4v) is 7.10. The van der Waals surface area contributed by atoms with Gasteiger partial charge in [-0.3, -0.25) is 9.40 Å². The Hall–Kier alpha value is -3.87. The average molecular weight is 607 g/mol.